The fourth-order valence-corrected chi connectivity index (χ4v) is 1.82. The average molecular weight is 281 g/mol. The molecule has 0 aliphatic carbocycles. The van der Waals surface area contributed by atoms with Crippen molar-refractivity contribution in [3.8, 4) is 0 Å². The van der Waals surface area contributed by atoms with E-state index in [4.69, 9.17) is 0 Å². The number of esters is 1. The quantitative estimate of drug-likeness (QED) is 0.273. The lowest BCUT2D eigenvalue weighted by atomic mass is 10.1. The van der Waals surface area contributed by atoms with Crippen LogP contribution in [-0.4, -0.2) is 19.0 Å². The summed E-state index contributed by atoms with van der Waals surface area (Å²) < 4.78 is 4.62. The lowest BCUT2D eigenvalue weighted by Gasteiger charge is -2.07. The van der Waals surface area contributed by atoms with Gasteiger partial charge in [0, 0.05) is 6.42 Å². The number of allylic oxidation sites excluding steroid dienone is 2. The zero-order valence-corrected chi connectivity index (χ0v) is 12.7. The van der Waals surface area contributed by atoms with Crippen LogP contribution in [0.1, 0.15) is 58.3 Å². The molecule has 20 heavy (non-hydrogen) atoms. The molecule has 0 fully saturated rings. The van der Waals surface area contributed by atoms with E-state index >= 15 is 0 Å². The van der Waals surface area contributed by atoms with Crippen molar-refractivity contribution in [3.05, 3.63) is 24.4 Å². The third kappa shape index (κ3) is 9.36. The van der Waals surface area contributed by atoms with Crippen LogP contribution < -0.4 is 5.32 Å². The van der Waals surface area contributed by atoms with Crippen LogP contribution >= 0.6 is 0 Å². The summed E-state index contributed by atoms with van der Waals surface area (Å²) in [6.07, 6.45) is 11.1. The molecule has 0 aliphatic rings. The number of rotatable bonds is 11. The summed E-state index contributed by atoms with van der Waals surface area (Å²) in [4.78, 5) is 23.1. The van der Waals surface area contributed by atoms with Crippen LogP contribution in [0.2, 0.25) is 0 Å². The minimum Gasteiger partial charge on any atom is -0.464 e. The summed E-state index contributed by atoms with van der Waals surface area (Å²) in [6, 6.07) is 0. The Bertz CT molecular complexity index is 335. The summed E-state index contributed by atoms with van der Waals surface area (Å²) in [7, 11) is 1.31. The smallest absolute Gasteiger partial charge is 0.354 e. The summed E-state index contributed by atoms with van der Waals surface area (Å²) in [6.45, 7) is 5.59. The first kappa shape index (κ1) is 18.4. The number of methoxy groups -OCH3 is 1. The van der Waals surface area contributed by atoms with Crippen molar-refractivity contribution in [3.63, 3.8) is 0 Å². The summed E-state index contributed by atoms with van der Waals surface area (Å²) >= 11 is 0. The highest BCUT2D eigenvalue weighted by molar-refractivity contribution is 5.93. The van der Waals surface area contributed by atoms with Crippen LogP contribution in [0.3, 0.4) is 0 Å². The average Bonchev–Trinajstić information content (AvgIpc) is 2.45. The van der Waals surface area contributed by atoms with Gasteiger partial charge in [0.15, 0.2) is 0 Å². The van der Waals surface area contributed by atoms with E-state index in [1.165, 1.54) is 20.0 Å². The second kappa shape index (κ2) is 12.5. The molecule has 1 amide bonds. The number of carbonyl (C=O) groups excluding carboxylic acids is 2. The molecule has 0 aromatic rings. The van der Waals surface area contributed by atoms with E-state index in [-0.39, 0.29) is 11.6 Å². The first-order valence-corrected chi connectivity index (χ1v) is 7.34. The maximum absolute atomic E-state index is 11.7. The number of amides is 1. The molecule has 4 nitrogen and oxygen atoms in total. The minimum atomic E-state index is -0.496. The predicted octanol–water partition coefficient (Wildman–Crippen LogP) is 3.49. The molecule has 0 aromatic heterocycles. The summed E-state index contributed by atoms with van der Waals surface area (Å²) in [5, 5.41) is 2.61. The third-order valence-corrected chi connectivity index (χ3v) is 2.90. The van der Waals surface area contributed by atoms with Gasteiger partial charge >= 0.3 is 5.97 Å². The van der Waals surface area contributed by atoms with Crippen LogP contribution in [0.15, 0.2) is 24.4 Å². The molecule has 0 radical (unpaired) electrons. The number of nitrogens with one attached hydrogen (secondary N) is 1. The Hall–Kier alpha value is -1.58. The number of unbranched alkanes of at least 4 members (excludes halogenated alkanes) is 5. The van der Waals surface area contributed by atoms with Crippen molar-refractivity contribution in [2.24, 2.45) is 0 Å². The number of hydrogen-bond donors (Lipinski definition) is 1. The maximum Gasteiger partial charge on any atom is 0.354 e. The monoisotopic (exact) mass is 281 g/mol. The van der Waals surface area contributed by atoms with Crippen molar-refractivity contribution >= 4 is 11.9 Å². The fraction of sp³-hybridized carbons (Fsp3) is 0.625. The molecule has 0 saturated heterocycles. The molecule has 0 aliphatic heterocycles. The van der Waals surface area contributed by atoms with E-state index < -0.39 is 5.97 Å². The van der Waals surface area contributed by atoms with E-state index in [0.29, 0.717) is 12.8 Å². The van der Waals surface area contributed by atoms with Gasteiger partial charge < -0.3 is 10.1 Å². The second-order valence-electron chi connectivity index (χ2n) is 4.66. The first-order valence-electron chi connectivity index (χ1n) is 7.34. The topological polar surface area (TPSA) is 55.4 Å². The van der Waals surface area contributed by atoms with Crippen molar-refractivity contribution in [2.45, 2.75) is 58.3 Å². The molecule has 0 spiro atoms. The van der Waals surface area contributed by atoms with Gasteiger partial charge in [-0.25, -0.2) is 4.79 Å². The minimum absolute atomic E-state index is 0.124. The molecule has 0 saturated carbocycles. The zero-order chi connectivity index (χ0) is 15.2. The molecule has 4 heteroatoms. The van der Waals surface area contributed by atoms with E-state index in [0.717, 1.165) is 25.7 Å². The highest BCUT2D eigenvalue weighted by Crippen LogP contribution is 2.07. The van der Waals surface area contributed by atoms with Gasteiger partial charge in [-0.3, -0.25) is 4.79 Å². The first-order chi connectivity index (χ1) is 9.65. The number of ether oxygens (including phenoxy) is 1. The van der Waals surface area contributed by atoms with Gasteiger partial charge in [-0.1, -0.05) is 38.3 Å². The Morgan fingerprint density at radius 2 is 1.80 bits per heavy atom. The van der Waals surface area contributed by atoms with Crippen molar-refractivity contribution in [2.75, 3.05) is 7.11 Å². The predicted molar refractivity (Wildman–Crippen MR) is 81.0 cm³/mol. The second-order valence-corrected chi connectivity index (χ2v) is 4.66. The van der Waals surface area contributed by atoms with E-state index in [9.17, 15) is 9.59 Å². The molecule has 1 N–H and O–H groups in total. The highest BCUT2D eigenvalue weighted by atomic mass is 16.5. The molecule has 0 aromatic carbocycles. The van der Waals surface area contributed by atoms with Gasteiger partial charge in [0.25, 0.3) is 0 Å². The van der Waals surface area contributed by atoms with Crippen molar-refractivity contribution in [1.82, 2.24) is 5.32 Å². The summed E-state index contributed by atoms with van der Waals surface area (Å²) in [5.41, 5.74) is 0.242. The lowest BCUT2D eigenvalue weighted by Crippen LogP contribution is -2.27. The Balaban J connectivity index is 3.83. The molecular weight excluding hydrogens is 254 g/mol. The molecule has 0 unspecified atom stereocenters. The highest BCUT2D eigenvalue weighted by Gasteiger charge is 2.12. The normalized spacial score (nSPS) is 11.0. The van der Waals surface area contributed by atoms with Crippen LogP contribution in [0, 0.1) is 0 Å². The van der Waals surface area contributed by atoms with Crippen molar-refractivity contribution < 1.29 is 14.3 Å². The van der Waals surface area contributed by atoms with Gasteiger partial charge in [0.2, 0.25) is 5.91 Å². The maximum atomic E-state index is 11.7. The van der Waals surface area contributed by atoms with Gasteiger partial charge in [-0.2, -0.15) is 0 Å². The number of hydrogen-bond acceptors (Lipinski definition) is 3. The van der Waals surface area contributed by atoms with E-state index in [1.54, 1.807) is 6.08 Å². The van der Waals surface area contributed by atoms with Crippen LogP contribution in [0.4, 0.5) is 0 Å². The molecule has 0 bridgehead atoms. The molecule has 0 heterocycles. The molecule has 0 rings (SSSR count). The molecule has 0 atom stereocenters. The molecular formula is C16H27NO3. The third-order valence-electron chi connectivity index (χ3n) is 2.90. The fourth-order valence-electron chi connectivity index (χ4n) is 1.82. The standard InChI is InChI=1S/C16H27NO3/c1-4-6-7-8-9-10-11-13-15(18)17-14(12-5-2)16(19)20-3/h4,12H,1,5-11,13H2,2-3H3,(H,17,18)/b14-12-. The Labute approximate surface area is 122 Å². The SMILES string of the molecule is C=CCCCCCCCC(=O)N/C(=C\CC)C(=O)OC. The lowest BCUT2D eigenvalue weighted by molar-refractivity contribution is -0.137. The van der Waals surface area contributed by atoms with E-state index in [2.05, 4.69) is 16.6 Å². The van der Waals surface area contributed by atoms with E-state index in [1.807, 2.05) is 13.0 Å². The largest absolute Gasteiger partial charge is 0.464 e. The Kier molecular flexibility index (Phi) is 11.5. The van der Waals surface area contributed by atoms with Gasteiger partial charge in [0.05, 0.1) is 7.11 Å². The van der Waals surface area contributed by atoms with Gasteiger partial charge in [-0.15, -0.1) is 6.58 Å². The Morgan fingerprint density at radius 1 is 1.15 bits per heavy atom. The van der Waals surface area contributed by atoms with Crippen LogP contribution in [0.25, 0.3) is 0 Å². The summed E-state index contributed by atoms with van der Waals surface area (Å²) in [5.74, 6) is -0.620. The van der Waals surface area contributed by atoms with Crippen molar-refractivity contribution in [1.29, 1.82) is 0 Å². The number of carbonyl (C=O) groups is 2. The van der Waals surface area contributed by atoms with Gasteiger partial charge in [-0.05, 0) is 25.7 Å². The van der Waals surface area contributed by atoms with Gasteiger partial charge in [0.1, 0.15) is 5.70 Å². The molecule has 114 valence electrons. The zero-order valence-electron chi connectivity index (χ0n) is 12.7. The van der Waals surface area contributed by atoms with Crippen LogP contribution in [0.5, 0.6) is 0 Å². The Morgan fingerprint density at radius 3 is 2.40 bits per heavy atom. The van der Waals surface area contributed by atoms with Crippen LogP contribution in [-0.2, 0) is 14.3 Å².